The largest absolute Gasteiger partial charge is 0.299 e. The van der Waals surface area contributed by atoms with E-state index in [1.165, 1.54) is 6.92 Å². The van der Waals surface area contributed by atoms with Crippen molar-refractivity contribution < 1.29 is 14.5 Å². The number of benzene rings is 1. The third kappa shape index (κ3) is 2.35. The zero-order chi connectivity index (χ0) is 14.8. The van der Waals surface area contributed by atoms with Gasteiger partial charge in [0.1, 0.15) is 17.0 Å². The van der Waals surface area contributed by atoms with Gasteiger partial charge in [0.05, 0.1) is 5.92 Å². The molecule has 1 aromatic rings. The molecule has 0 bridgehead atoms. The summed E-state index contributed by atoms with van der Waals surface area (Å²) >= 11 is 0. The quantitative estimate of drug-likeness (QED) is 0.469. The summed E-state index contributed by atoms with van der Waals surface area (Å²) in [6, 6.07) is 8.86. The molecule has 0 aromatic heterocycles. The second-order valence-electron chi connectivity index (χ2n) is 5.28. The molecular formula is C15H17NO4. The van der Waals surface area contributed by atoms with Crippen molar-refractivity contribution in [3.8, 4) is 0 Å². The normalized spacial score (nSPS) is 23.6. The van der Waals surface area contributed by atoms with E-state index < -0.39 is 22.8 Å². The van der Waals surface area contributed by atoms with Crippen LogP contribution < -0.4 is 0 Å². The minimum atomic E-state index is -1.21. The molecule has 1 aromatic carbocycles. The lowest BCUT2D eigenvalue weighted by Crippen LogP contribution is -2.42. The van der Waals surface area contributed by atoms with E-state index in [-0.39, 0.29) is 11.6 Å². The van der Waals surface area contributed by atoms with E-state index in [4.69, 9.17) is 0 Å². The summed E-state index contributed by atoms with van der Waals surface area (Å²) < 4.78 is 0. The molecule has 20 heavy (non-hydrogen) atoms. The van der Waals surface area contributed by atoms with E-state index in [0.29, 0.717) is 24.8 Å². The van der Waals surface area contributed by atoms with E-state index in [9.17, 15) is 19.7 Å². The van der Waals surface area contributed by atoms with Gasteiger partial charge < -0.3 is 0 Å². The highest BCUT2D eigenvalue weighted by Gasteiger charge is 2.54. The first-order valence-corrected chi connectivity index (χ1v) is 6.69. The fourth-order valence-electron chi connectivity index (χ4n) is 3.26. The van der Waals surface area contributed by atoms with Crippen LogP contribution in [0.3, 0.4) is 0 Å². The fourth-order valence-corrected chi connectivity index (χ4v) is 3.26. The lowest BCUT2D eigenvalue weighted by atomic mass is 9.67. The Hall–Kier alpha value is -2.04. The van der Waals surface area contributed by atoms with E-state index in [1.807, 2.05) is 6.07 Å². The standard InChI is InChI=1S/C15H17NO4/c1-11(17)15(9-5-8-14(15)18)13(10-16(19)20)12-6-3-2-4-7-12/h2-4,6-7,13H,5,8-10H2,1H3/t13-,15?/m1/s1. The van der Waals surface area contributed by atoms with Crippen molar-refractivity contribution in [2.75, 3.05) is 6.54 Å². The summed E-state index contributed by atoms with van der Waals surface area (Å²) in [6.45, 7) is 0.981. The summed E-state index contributed by atoms with van der Waals surface area (Å²) in [5, 5.41) is 11.0. The Bertz CT molecular complexity index is 540. The van der Waals surface area contributed by atoms with E-state index in [0.717, 1.165) is 0 Å². The molecule has 0 saturated heterocycles. The second-order valence-corrected chi connectivity index (χ2v) is 5.28. The van der Waals surface area contributed by atoms with Gasteiger partial charge in [-0.3, -0.25) is 19.7 Å². The summed E-state index contributed by atoms with van der Waals surface area (Å²) in [4.78, 5) is 35.0. The van der Waals surface area contributed by atoms with Crippen LogP contribution >= 0.6 is 0 Å². The maximum Gasteiger partial charge on any atom is 0.212 e. The molecule has 0 N–H and O–H groups in total. The average Bonchev–Trinajstić information content (AvgIpc) is 2.79. The Balaban J connectivity index is 2.52. The van der Waals surface area contributed by atoms with Gasteiger partial charge in [0, 0.05) is 11.3 Å². The van der Waals surface area contributed by atoms with Crippen LogP contribution in [0, 0.1) is 15.5 Å². The maximum atomic E-state index is 12.3. The van der Waals surface area contributed by atoms with Gasteiger partial charge in [-0.25, -0.2) is 0 Å². The number of nitrogens with zero attached hydrogens (tertiary/aromatic N) is 1. The van der Waals surface area contributed by atoms with Gasteiger partial charge in [-0.15, -0.1) is 0 Å². The first-order valence-electron chi connectivity index (χ1n) is 6.69. The van der Waals surface area contributed by atoms with Crippen LogP contribution in [-0.4, -0.2) is 23.0 Å². The highest BCUT2D eigenvalue weighted by atomic mass is 16.6. The van der Waals surface area contributed by atoms with Gasteiger partial charge in [0.25, 0.3) is 0 Å². The van der Waals surface area contributed by atoms with Crippen molar-refractivity contribution in [2.24, 2.45) is 5.41 Å². The highest BCUT2D eigenvalue weighted by Crippen LogP contribution is 2.47. The fraction of sp³-hybridized carbons (Fsp3) is 0.467. The number of Topliss-reactive ketones (excluding diaryl/α,β-unsaturated/α-hetero) is 2. The molecule has 1 fully saturated rings. The molecule has 1 aliphatic carbocycles. The van der Waals surface area contributed by atoms with Crippen LogP contribution in [0.15, 0.2) is 30.3 Å². The predicted octanol–water partition coefficient (Wildman–Crippen LogP) is 2.38. The molecule has 1 aliphatic rings. The van der Waals surface area contributed by atoms with Crippen LogP contribution in [0.5, 0.6) is 0 Å². The molecule has 2 rings (SSSR count). The molecule has 0 amide bonds. The van der Waals surface area contributed by atoms with Crippen molar-refractivity contribution >= 4 is 11.6 Å². The number of ketones is 2. The highest BCUT2D eigenvalue weighted by molar-refractivity contribution is 6.08. The van der Waals surface area contributed by atoms with Gasteiger partial charge >= 0.3 is 0 Å². The first kappa shape index (κ1) is 14.4. The van der Waals surface area contributed by atoms with E-state index in [2.05, 4.69) is 0 Å². The van der Waals surface area contributed by atoms with E-state index in [1.54, 1.807) is 24.3 Å². The Morgan fingerprint density at radius 3 is 2.50 bits per heavy atom. The van der Waals surface area contributed by atoms with Gasteiger partial charge in [-0.1, -0.05) is 30.3 Å². The van der Waals surface area contributed by atoms with Gasteiger partial charge in [-0.05, 0) is 25.3 Å². The maximum absolute atomic E-state index is 12.3. The number of carbonyl (C=O) groups excluding carboxylic acids is 2. The summed E-state index contributed by atoms with van der Waals surface area (Å²) in [5.74, 6) is -1.08. The second kappa shape index (κ2) is 5.53. The third-order valence-electron chi connectivity index (χ3n) is 4.23. The van der Waals surface area contributed by atoms with Crippen molar-refractivity contribution in [3.63, 3.8) is 0 Å². The van der Waals surface area contributed by atoms with Crippen molar-refractivity contribution in [3.05, 3.63) is 46.0 Å². The monoisotopic (exact) mass is 275 g/mol. The lowest BCUT2D eigenvalue weighted by molar-refractivity contribution is -0.485. The minimum Gasteiger partial charge on any atom is -0.299 e. The van der Waals surface area contributed by atoms with Crippen molar-refractivity contribution in [1.82, 2.24) is 0 Å². The number of nitro groups is 1. The van der Waals surface area contributed by atoms with Crippen LogP contribution in [0.1, 0.15) is 37.7 Å². The van der Waals surface area contributed by atoms with Crippen LogP contribution in [-0.2, 0) is 9.59 Å². The third-order valence-corrected chi connectivity index (χ3v) is 4.23. The van der Waals surface area contributed by atoms with Gasteiger partial charge in [0.15, 0.2) is 0 Å². The van der Waals surface area contributed by atoms with Crippen molar-refractivity contribution in [2.45, 2.75) is 32.1 Å². The lowest BCUT2D eigenvalue weighted by Gasteiger charge is -2.31. The molecule has 0 radical (unpaired) electrons. The number of carbonyl (C=O) groups is 2. The zero-order valence-corrected chi connectivity index (χ0v) is 11.4. The summed E-state index contributed by atoms with van der Waals surface area (Å²) in [7, 11) is 0. The van der Waals surface area contributed by atoms with Gasteiger partial charge in [-0.2, -0.15) is 0 Å². The average molecular weight is 275 g/mol. The van der Waals surface area contributed by atoms with Crippen LogP contribution in [0.25, 0.3) is 0 Å². The zero-order valence-electron chi connectivity index (χ0n) is 11.4. The molecule has 0 aliphatic heterocycles. The SMILES string of the molecule is CC(=O)C1([C@H](C[N+](=O)[O-])c2ccccc2)CCCC1=O. The Labute approximate surface area is 117 Å². The topological polar surface area (TPSA) is 77.3 Å². The summed E-state index contributed by atoms with van der Waals surface area (Å²) in [5.41, 5.74) is -0.524. The number of hydrogen-bond donors (Lipinski definition) is 0. The molecule has 0 spiro atoms. The molecule has 5 nitrogen and oxygen atoms in total. The molecule has 5 heteroatoms. The smallest absolute Gasteiger partial charge is 0.212 e. The Morgan fingerprint density at radius 1 is 1.40 bits per heavy atom. The molecule has 0 heterocycles. The molecule has 1 saturated carbocycles. The number of hydrogen-bond acceptors (Lipinski definition) is 4. The Morgan fingerprint density at radius 2 is 2.05 bits per heavy atom. The first-order chi connectivity index (χ1) is 9.48. The predicted molar refractivity (Wildman–Crippen MR) is 73.0 cm³/mol. The molecular weight excluding hydrogens is 258 g/mol. The molecule has 106 valence electrons. The number of rotatable bonds is 5. The van der Waals surface area contributed by atoms with Crippen LogP contribution in [0.4, 0.5) is 0 Å². The Kier molecular flexibility index (Phi) is 3.97. The molecule has 2 atom stereocenters. The molecule has 1 unspecified atom stereocenters. The van der Waals surface area contributed by atoms with Gasteiger partial charge in [0.2, 0.25) is 6.54 Å². The van der Waals surface area contributed by atoms with E-state index >= 15 is 0 Å². The van der Waals surface area contributed by atoms with Crippen molar-refractivity contribution in [1.29, 1.82) is 0 Å². The minimum absolute atomic E-state index is 0.152. The van der Waals surface area contributed by atoms with Crippen LogP contribution in [0.2, 0.25) is 0 Å². The summed E-state index contributed by atoms with van der Waals surface area (Å²) in [6.07, 6.45) is 1.37.